The van der Waals surface area contributed by atoms with Crippen LogP contribution in [-0.2, 0) is 18.4 Å². The van der Waals surface area contributed by atoms with Gasteiger partial charge < -0.3 is 19.8 Å². The van der Waals surface area contributed by atoms with Crippen molar-refractivity contribution in [3.63, 3.8) is 0 Å². The molecular weight excluding hydrogens is 816 g/mol. The summed E-state index contributed by atoms with van der Waals surface area (Å²) in [5.41, 5.74) is 0. The number of nitrogens with zero attached hydrogens (tertiary/aromatic N) is 1. The van der Waals surface area contributed by atoms with Crippen LogP contribution >= 0.6 is 7.82 Å². The second-order valence-corrected chi connectivity index (χ2v) is 21.8. The molecule has 8 nitrogen and oxygen atoms in total. The first-order valence-electron chi connectivity index (χ1n) is 27.7. The molecule has 1 amide bonds. The van der Waals surface area contributed by atoms with Crippen LogP contribution in [0.2, 0.25) is 0 Å². The largest absolute Gasteiger partial charge is 0.472 e. The number of aliphatic hydroxyl groups is 1. The minimum atomic E-state index is -4.34. The Morgan fingerprint density at radius 2 is 0.844 bits per heavy atom. The summed E-state index contributed by atoms with van der Waals surface area (Å²) in [5.74, 6) is -0.173. The topological polar surface area (TPSA) is 105 Å². The number of nitrogens with one attached hydrogen (secondary N) is 1. The minimum Gasteiger partial charge on any atom is -0.387 e. The number of unbranched alkanes of at least 4 members (excludes halogenated alkanes) is 36. The zero-order valence-corrected chi connectivity index (χ0v) is 44.2. The van der Waals surface area contributed by atoms with Gasteiger partial charge in [0, 0.05) is 6.42 Å². The molecule has 0 radical (unpaired) electrons. The monoisotopic (exact) mass is 926 g/mol. The highest BCUT2D eigenvalue weighted by Gasteiger charge is 2.27. The fourth-order valence-corrected chi connectivity index (χ4v) is 9.01. The Kier molecular flexibility index (Phi) is 46.3. The highest BCUT2D eigenvalue weighted by atomic mass is 31.2. The Bertz CT molecular complexity index is 1090. The van der Waals surface area contributed by atoms with E-state index >= 15 is 0 Å². The summed E-state index contributed by atoms with van der Waals surface area (Å²) in [6.07, 6.45) is 58.4. The normalized spacial score (nSPS) is 14.2. The summed E-state index contributed by atoms with van der Waals surface area (Å²) in [4.78, 5) is 23.2. The number of aliphatic hydroxyl groups excluding tert-OH is 1. The molecule has 0 bridgehead atoms. The number of allylic oxidation sites excluding steroid dienone is 3. The molecule has 0 spiro atoms. The number of hydrogen-bond donors (Lipinski definition) is 3. The number of phosphoric acid groups is 1. The van der Waals surface area contributed by atoms with Crippen molar-refractivity contribution in [3.05, 3.63) is 24.3 Å². The van der Waals surface area contributed by atoms with Gasteiger partial charge in [0.05, 0.1) is 39.9 Å². The first-order valence-corrected chi connectivity index (χ1v) is 29.2. The molecule has 380 valence electrons. The maximum atomic E-state index is 13.0. The Labute approximate surface area is 398 Å². The third-order valence-electron chi connectivity index (χ3n) is 12.7. The van der Waals surface area contributed by atoms with Crippen molar-refractivity contribution in [1.82, 2.24) is 5.32 Å². The predicted molar refractivity (Wildman–Crippen MR) is 277 cm³/mol. The average molecular weight is 926 g/mol. The lowest BCUT2D eigenvalue weighted by molar-refractivity contribution is -0.870. The summed E-state index contributed by atoms with van der Waals surface area (Å²) >= 11 is 0. The van der Waals surface area contributed by atoms with E-state index in [1.54, 1.807) is 6.08 Å². The van der Waals surface area contributed by atoms with Crippen molar-refractivity contribution in [2.24, 2.45) is 0 Å². The molecule has 0 aromatic heterocycles. The van der Waals surface area contributed by atoms with Crippen molar-refractivity contribution < 1.29 is 32.9 Å². The average Bonchev–Trinajstić information content (AvgIpc) is 3.25. The van der Waals surface area contributed by atoms with Crippen LogP contribution in [0, 0.1) is 0 Å². The SMILES string of the molecule is CCCCCCCCCC/C=C\CCCCCCCCCCCCCCCCCC(=O)NC(COP(=O)(O)OCC[N+](C)(C)C)C(O)/C=C/CCCCCCCCCCCCCCC. The second-order valence-electron chi connectivity index (χ2n) is 20.3. The number of amides is 1. The molecule has 9 heteroatoms. The molecule has 0 aliphatic carbocycles. The van der Waals surface area contributed by atoms with Crippen LogP contribution in [0.25, 0.3) is 0 Å². The van der Waals surface area contributed by atoms with Gasteiger partial charge in [-0.15, -0.1) is 0 Å². The van der Waals surface area contributed by atoms with Gasteiger partial charge in [0.25, 0.3) is 0 Å². The molecule has 0 rings (SSSR count). The molecule has 3 unspecified atom stereocenters. The van der Waals surface area contributed by atoms with E-state index in [0.717, 1.165) is 38.5 Å². The summed E-state index contributed by atoms with van der Waals surface area (Å²) in [7, 11) is 1.58. The van der Waals surface area contributed by atoms with Gasteiger partial charge in [0.15, 0.2) is 0 Å². The number of likely N-dealkylation sites (N-methyl/N-ethyl adjacent to an activating group) is 1. The Balaban J connectivity index is 4.14. The van der Waals surface area contributed by atoms with Crippen molar-refractivity contribution in [3.8, 4) is 0 Å². The molecule has 0 aromatic carbocycles. The van der Waals surface area contributed by atoms with Gasteiger partial charge >= 0.3 is 7.82 Å². The van der Waals surface area contributed by atoms with E-state index in [-0.39, 0.29) is 19.1 Å². The van der Waals surface area contributed by atoms with Crippen LogP contribution in [0.3, 0.4) is 0 Å². The van der Waals surface area contributed by atoms with E-state index in [0.29, 0.717) is 17.4 Å². The smallest absolute Gasteiger partial charge is 0.387 e. The van der Waals surface area contributed by atoms with Crippen molar-refractivity contribution in [1.29, 1.82) is 0 Å². The molecule has 0 fully saturated rings. The van der Waals surface area contributed by atoms with Gasteiger partial charge in [-0.25, -0.2) is 4.57 Å². The fraction of sp³-hybridized carbons (Fsp3) is 0.909. The maximum absolute atomic E-state index is 13.0. The van der Waals surface area contributed by atoms with Crippen LogP contribution in [0.1, 0.15) is 271 Å². The summed E-state index contributed by atoms with van der Waals surface area (Å²) in [5, 5.41) is 13.9. The Morgan fingerprint density at radius 1 is 0.516 bits per heavy atom. The highest BCUT2D eigenvalue weighted by molar-refractivity contribution is 7.47. The van der Waals surface area contributed by atoms with E-state index < -0.39 is 20.0 Å². The number of phosphoric ester groups is 1. The summed E-state index contributed by atoms with van der Waals surface area (Å²) in [6, 6.07) is -0.843. The lowest BCUT2D eigenvalue weighted by Gasteiger charge is -2.25. The van der Waals surface area contributed by atoms with Crippen LogP contribution in [0.15, 0.2) is 24.3 Å². The van der Waals surface area contributed by atoms with E-state index in [1.165, 1.54) is 212 Å². The van der Waals surface area contributed by atoms with E-state index in [1.807, 2.05) is 27.2 Å². The van der Waals surface area contributed by atoms with Gasteiger partial charge in [-0.2, -0.15) is 0 Å². The lowest BCUT2D eigenvalue weighted by Crippen LogP contribution is -2.45. The van der Waals surface area contributed by atoms with Crippen LogP contribution in [-0.4, -0.2) is 73.4 Å². The minimum absolute atomic E-state index is 0.0636. The summed E-state index contributed by atoms with van der Waals surface area (Å²) < 4.78 is 23.7. The first-order chi connectivity index (χ1) is 31.0. The number of quaternary nitrogens is 1. The molecule has 0 aliphatic rings. The van der Waals surface area contributed by atoms with Crippen LogP contribution in [0.4, 0.5) is 0 Å². The number of hydrogen-bond acceptors (Lipinski definition) is 5. The third-order valence-corrected chi connectivity index (χ3v) is 13.6. The molecule has 3 atom stereocenters. The molecule has 64 heavy (non-hydrogen) atoms. The van der Waals surface area contributed by atoms with Crippen molar-refractivity contribution in [2.75, 3.05) is 40.9 Å². The Morgan fingerprint density at radius 3 is 1.20 bits per heavy atom. The number of rotatable bonds is 51. The zero-order chi connectivity index (χ0) is 47.1. The lowest BCUT2D eigenvalue weighted by atomic mass is 10.0. The summed E-state index contributed by atoms with van der Waals surface area (Å²) in [6.45, 7) is 4.84. The van der Waals surface area contributed by atoms with Crippen molar-refractivity contribution >= 4 is 13.7 Å². The maximum Gasteiger partial charge on any atom is 0.472 e. The van der Waals surface area contributed by atoms with Crippen LogP contribution in [0.5, 0.6) is 0 Å². The molecule has 0 aliphatic heterocycles. The van der Waals surface area contributed by atoms with Gasteiger partial charge in [-0.3, -0.25) is 13.8 Å². The van der Waals surface area contributed by atoms with Gasteiger partial charge in [0.1, 0.15) is 13.2 Å². The standard InChI is InChI=1S/C55H109N2O6P/c1-6-8-10-12-14-16-18-20-22-23-24-25-26-27-28-29-30-31-32-33-35-37-39-41-43-45-47-49-55(59)56-53(52-63-64(60,61)62-51-50-57(3,4)5)54(58)48-46-44-42-40-38-36-34-21-19-17-15-13-11-9-7-2/h23-24,46,48,53-54,58H,6-22,25-45,47,49-52H2,1-5H3,(H-,56,59,60,61)/p+1/b24-23-,48-46+. The highest BCUT2D eigenvalue weighted by Crippen LogP contribution is 2.43. The third kappa shape index (κ3) is 48.9. The molecule has 0 aromatic rings. The molecule has 3 N–H and O–H groups in total. The zero-order valence-electron chi connectivity index (χ0n) is 43.3. The van der Waals surface area contributed by atoms with E-state index in [9.17, 15) is 19.4 Å². The van der Waals surface area contributed by atoms with E-state index in [2.05, 4.69) is 31.3 Å². The first kappa shape index (κ1) is 63.0. The van der Waals surface area contributed by atoms with Crippen molar-refractivity contribution in [2.45, 2.75) is 283 Å². The number of carbonyl (C=O) groups is 1. The quantitative estimate of drug-likeness (QED) is 0.0243. The molecular formula is C55H110N2O6P+. The molecule has 0 saturated heterocycles. The fourth-order valence-electron chi connectivity index (χ4n) is 8.27. The van der Waals surface area contributed by atoms with Gasteiger partial charge in [0.2, 0.25) is 5.91 Å². The van der Waals surface area contributed by atoms with Gasteiger partial charge in [-0.05, 0) is 44.9 Å². The molecule has 0 saturated carbocycles. The van der Waals surface area contributed by atoms with Crippen LogP contribution < -0.4 is 5.32 Å². The predicted octanol–water partition coefficient (Wildman–Crippen LogP) is 16.4. The molecule has 0 heterocycles. The Hall–Kier alpha value is -1.02. The second kappa shape index (κ2) is 47.1. The van der Waals surface area contributed by atoms with Gasteiger partial charge in [-0.1, -0.05) is 244 Å². The number of carbonyl (C=O) groups excluding carboxylic acids is 1. The van der Waals surface area contributed by atoms with E-state index in [4.69, 9.17) is 9.05 Å².